The lowest BCUT2D eigenvalue weighted by Gasteiger charge is -2.41. The number of nitrogens with one attached hydrogen (secondary N) is 3. The van der Waals surface area contributed by atoms with Gasteiger partial charge in [0.15, 0.2) is 0 Å². The van der Waals surface area contributed by atoms with E-state index in [0.717, 1.165) is 5.56 Å². The first-order valence-corrected chi connectivity index (χ1v) is 8.54. The van der Waals surface area contributed by atoms with Crippen molar-refractivity contribution in [1.29, 1.82) is 0 Å². The summed E-state index contributed by atoms with van der Waals surface area (Å²) in [6.45, 7) is 1.21. The molecule has 2 aliphatic rings. The van der Waals surface area contributed by atoms with Crippen molar-refractivity contribution in [3.05, 3.63) is 35.4 Å². The molecule has 26 heavy (non-hydrogen) atoms. The lowest BCUT2D eigenvalue weighted by Crippen LogP contribution is -2.68. The Morgan fingerprint density at radius 3 is 2.35 bits per heavy atom. The lowest BCUT2D eigenvalue weighted by atomic mass is 9.96. The van der Waals surface area contributed by atoms with Gasteiger partial charge in [-0.3, -0.25) is 15.0 Å². The van der Waals surface area contributed by atoms with Gasteiger partial charge in [-0.05, 0) is 26.6 Å². The summed E-state index contributed by atoms with van der Waals surface area (Å²) in [5.41, 5.74) is 3.83. The second kappa shape index (κ2) is 7.51. The van der Waals surface area contributed by atoms with Crippen molar-refractivity contribution < 1.29 is 18.0 Å². The Bertz CT molecular complexity index is 642. The SMILES string of the molecule is CC(c1ccc(C(F)F)cc1)N1NC(CF)C2C(=O)NC(N(C)C)NC21. The highest BCUT2D eigenvalue weighted by atomic mass is 19.3. The molecule has 9 heteroatoms. The van der Waals surface area contributed by atoms with Crippen molar-refractivity contribution >= 4 is 5.91 Å². The third-order valence-corrected chi connectivity index (χ3v) is 5.07. The Hall–Kier alpha value is -1.68. The summed E-state index contributed by atoms with van der Waals surface area (Å²) >= 11 is 0. The molecule has 6 nitrogen and oxygen atoms in total. The third-order valence-electron chi connectivity index (χ3n) is 5.07. The minimum absolute atomic E-state index is 0.0438. The van der Waals surface area contributed by atoms with Gasteiger partial charge in [0.25, 0.3) is 6.43 Å². The molecule has 2 heterocycles. The number of hydrogen-bond acceptors (Lipinski definition) is 5. The fourth-order valence-corrected chi connectivity index (χ4v) is 3.53. The van der Waals surface area contributed by atoms with E-state index in [4.69, 9.17) is 0 Å². The first-order chi connectivity index (χ1) is 12.3. The van der Waals surface area contributed by atoms with E-state index in [0.29, 0.717) is 0 Å². The van der Waals surface area contributed by atoms with E-state index in [1.54, 1.807) is 12.1 Å². The van der Waals surface area contributed by atoms with Crippen LogP contribution in [0, 0.1) is 5.92 Å². The Labute approximate surface area is 150 Å². The van der Waals surface area contributed by atoms with Gasteiger partial charge >= 0.3 is 0 Å². The quantitative estimate of drug-likeness (QED) is 0.730. The number of hydrogen-bond donors (Lipinski definition) is 3. The zero-order valence-electron chi connectivity index (χ0n) is 14.9. The number of carbonyl (C=O) groups excluding carboxylic acids is 1. The molecule has 3 N–H and O–H groups in total. The first-order valence-electron chi connectivity index (χ1n) is 8.54. The highest BCUT2D eigenvalue weighted by molar-refractivity contribution is 5.81. The van der Waals surface area contributed by atoms with Crippen molar-refractivity contribution in [2.45, 2.75) is 37.9 Å². The highest BCUT2D eigenvalue weighted by Crippen LogP contribution is 2.32. The highest BCUT2D eigenvalue weighted by Gasteiger charge is 2.51. The Morgan fingerprint density at radius 2 is 1.81 bits per heavy atom. The van der Waals surface area contributed by atoms with Gasteiger partial charge in [0.1, 0.15) is 13.0 Å². The van der Waals surface area contributed by atoms with Crippen LogP contribution < -0.4 is 16.1 Å². The molecule has 0 aliphatic carbocycles. The predicted octanol–water partition coefficient (Wildman–Crippen LogP) is 1.35. The summed E-state index contributed by atoms with van der Waals surface area (Å²) in [7, 11) is 3.65. The molecule has 144 valence electrons. The lowest BCUT2D eigenvalue weighted by molar-refractivity contribution is -0.133. The second-order valence-electron chi connectivity index (χ2n) is 6.95. The smallest absolute Gasteiger partial charge is 0.263 e. The number of rotatable bonds is 5. The molecule has 2 saturated heterocycles. The standard InChI is InChI=1S/C17H24F3N5O/c1-9(10-4-6-11(7-5-10)14(19)20)25-15-13(12(8-18)23-25)16(26)22-17(21-15)24(2)3/h4-7,9,12-15,17,21,23H,8H2,1-3H3,(H,22,26). The van der Waals surface area contributed by atoms with Crippen LogP contribution in [0.4, 0.5) is 13.2 Å². The molecular weight excluding hydrogens is 347 g/mol. The van der Waals surface area contributed by atoms with Gasteiger partial charge in [0.05, 0.1) is 18.1 Å². The van der Waals surface area contributed by atoms with Gasteiger partial charge in [-0.25, -0.2) is 23.6 Å². The van der Waals surface area contributed by atoms with Crippen molar-refractivity contribution in [2.24, 2.45) is 5.92 Å². The molecule has 1 amide bonds. The number of benzene rings is 1. The molecule has 0 bridgehead atoms. The molecule has 0 aromatic heterocycles. The molecule has 2 aliphatic heterocycles. The van der Waals surface area contributed by atoms with E-state index in [9.17, 15) is 18.0 Å². The fraction of sp³-hybridized carbons (Fsp3) is 0.588. The molecule has 1 aromatic rings. The minimum atomic E-state index is -2.52. The fourth-order valence-electron chi connectivity index (χ4n) is 3.53. The number of nitrogens with zero attached hydrogens (tertiary/aromatic N) is 2. The van der Waals surface area contributed by atoms with E-state index < -0.39 is 31.2 Å². The summed E-state index contributed by atoms with van der Waals surface area (Å²) < 4.78 is 39.0. The second-order valence-corrected chi connectivity index (χ2v) is 6.95. The van der Waals surface area contributed by atoms with Crippen LogP contribution in [0.15, 0.2) is 24.3 Å². The zero-order chi connectivity index (χ0) is 19.0. The van der Waals surface area contributed by atoms with Crippen LogP contribution >= 0.6 is 0 Å². The van der Waals surface area contributed by atoms with E-state index in [1.165, 1.54) is 12.1 Å². The molecule has 5 unspecified atom stereocenters. The van der Waals surface area contributed by atoms with Gasteiger partial charge < -0.3 is 5.32 Å². The van der Waals surface area contributed by atoms with Crippen LogP contribution in [0.1, 0.15) is 30.5 Å². The summed E-state index contributed by atoms with van der Waals surface area (Å²) in [4.78, 5) is 14.3. The Balaban J connectivity index is 1.84. The number of hydrazine groups is 1. The third kappa shape index (κ3) is 3.44. The van der Waals surface area contributed by atoms with Gasteiger partial charge in [-0.2, -0.15) is 0 Å². The maximum atomic E-state index is 13.5. The summed E-state index contributed by atoms with van der Waals surface area (Å²) in [6.07, 6.45) is -3.31. The van der Waals surface area contributed by atoms with Crippen molar-refractivity contribution in [2.75, 3.05) is 20.8 Å². The summed E-state index contributed by atoms with van der Waals surface area (Å²) in [5.74, 6) is -0.802. The number of carbonyl (C=O) groups is 1. The van der Waals surface area contributed by atoms with Crippen LogP contribution in [0.3, 0.4) is 0 Å². The summed E-state index contributed by atoms with van der Waals surface area (Å²) in [5, 5.41) is 7.95. The van der Waals surface area contributed by atoms with Gasteiger partial charge in [0, 0.05) is 11.6 Å². The normalized spacial score (nSPS) is 30.5. The number of halogens is 3. The van der Waals surface area contributed by atoms with E-state index in [-0.39, 0.29) is 23.8 Å². The average Bonchev–Trinajstić information content (AvgIpc) is 3.00. The summed E-state index contributed by atoms with van der Waals surface area (Å²) in [6, 6.07) is 5.17. The molecule has 2 fully saturated rings. The van der Waals surface area contributed by atoms with Gasteiger partial charge in [-0.1, -0.05) is 24.3 Å². The van der Waals surface area contributed by atoms with Gasteiger partial charge in [-0.15, -0.1) is 0 Å². The molecular formula is C17H24F3N5O. The van der Waals surface area contributed by atoms with Crippen LogP contribution in [0.2, 0.25) is 0 Å². The topological polar surface area (TPSA) is 59.6 Å². The van der Waals surface area contributed by atoms with Crippen molar-refractivity contribution in [3.8, 4) is 0 Å². The maximum absolute atomic E-state index is 13.5. The molecule has 0 saturated carbocycles. The number of amides is 1. The molecule has 0 spiro atoms. The molecule has 5 atom stereocenters. The number of fused-ring (bicyclic) bond motifs is 1. The predicted molar refractivity (Wildman–Crippen MR) is 90.6 cm³/mol. The van der Waals surface area contributed by atoms with E-state index in [2.05, 4.69) is 16.1 Å². The Morgan fingerprint density at radius 1 is 1.19 bits per heavy atom. The Kier molecular flexibility index (Phi) is 5.52. The monoisotopic (exact) mass is 371 g/mol. The first kappa shape index (κ1) is 19.1. The average molecular weight is 371 g/mol. The minimum Gasteiger partial charge on any atom is -0.327 e. The number of alkyl halides is 3. The molecule has 3 rings (SSSR count). The largest absolute Gasteiger partial charge is 0.327 e. The molecule has 0 radical (unpaired) electrons. The van der Waals surface area contributed by atoms with E-state index in [1.807, 2.05) is 30.9 Å². The van der Waals surface area contributed by atoms with Crippen LogP contribution in [-0.2, 0) is 4.79 Å². The van der Waals surface area contributed by atoms with Crippen molar-refractivity contribution in [1.82, 2.24) is 26.0 Å². The maximum Gasteiger partial charge on any atom is 0.263 e. The van der Waals surface area contributed by atoms with Crippen LogP contribution in [0.5, 0.6) is 0 Å². The van der Waals surface area contributed by atoms with Crippen molar-refractivity contribution in [3.63, 3.8) is 0 Å². The van der Waals surface area contributed by atoms with Crippen LogP contribution in [0.25, 0.3) is 0 Å². The van der Waals surface area contributed by atoms with Gasteiger partial charge in [0.2, 0.25) is 5.91 Å². The zero-order valence-corrected chi connectivity index (χ0v) is 14.9. The molecule has 1 aromatic carbocycles. The van der Waals surface area contributed by atoms with Crippen LogP contribution in [-0.4, -0.2) is 55.1 Å². The van der Waals surface area contributed by atoms with E-state index >= 15 is 0 Å².